The Labute approximate surface area is 125 Å². The topological polar surface area (TPSA) is 29.9 Å². The monoisotopic (exact) mass is 279 g/mol. The van der Waals surface area contributed by atoms with Crippen molar-refractivity contribution >= 4 is 10.8 Å². The molecule has 0 amide bonds. The van der Waals surface area contributed by atoms with Gasteiger partial charge in [-0.2, -0.15) is 5.10 Å². The second kappa shape index (κ2) is 6.55. The fourth-order valence-corrected chi connectivity index (χ4v) is 2.63. The largest absolute Gasteiger partial charge is 0.308 e. The van der Waals surface area contributed by atoms with Crippen molar-refractivity contribution in [3.63, 3.8) is 0 Å². The minimum atomic E-state index is 0.287. The van der Waals surface area contributed by atoms with Gasteiger partial charge in [0.05, 0.1) is 12.6 Å². The van der Waals surface area contributed by atoms with Gasteiger partial charge in [0.2, 0.25) is 0 Å². The molecular formula is C18H21N3. The summed E-state index contributed by atoms with van der Waals surface area (Å²) in [6, 6.07) is 17.5. The van der Waals surface area contributed by atoms with E-state index in [2.05, 4.69) is 59.8 Å². The van der Waals surface area contributed by atoms with Gasteiger partial charge in [0.15, 0.2) is 0 Å². The molecule has 2 aromatic carbocycles. The van der Waals surface area contributed by atoms with E-state index in [0.29, 0.717) is 0 Å². The summed E-state index contributed by atoms with van der Waals surface area (Å²) >= 11 is 0. The molecule has 1 N–H and O–H groups in total. The minimum Gasteiger partial charge on any atom is -0.308 e. The Kier molecular flexibility index (Phi) is 4.31. The Hall–Kier alpha value is -2.13. The number of nitrogens with zero attached hydrogens (tertiary/aromatic N) is 2. The van der Waals surface area contributed by atoms with Crippen LogP contribution in [0.4, 0.5) is 0 Å². The van der Waals surface area contributed by atoms with Crippen molar-refractivity contribution in [3.8, 4) is 0 Å². The Bertz CT molecular complexity index is 689. The highest BCUT2D eigenvalue weighted by molar-refractivity contribution is 5.83. The molecule has 0 radical (unpaired) electrons. The van der Waals surface area contributed by atoms with Crippen LogP contribution in [0.25, 0.3) is 10.8 Å². The lowest BCUT2D eigenvalue weighted by atomic mass is 10.0. The first-order valence-electron chi connectivity index (χ1n) is 7.56. The first kappa shape index (κ1) is 13.8. The van der Waals surface area contributed by atoms with Crippen LogP contribution >= 0.6 is 0 Å². The zero-order valence-electron chi connectivity index (χ0n) is 12.4. The number of rotatable bonds is 6. The molecule has 3 heteroatoms. The number of nitrogens with one attached hydrogen (secondary N) is 1. The van der Waals surface area contributed by atoms with Gasteiger partial charge < -0.3 is 5.32 Å². The molecule has 0 saturated carbocycles. The second-order valence-electron chi connectivity index (χ2n) is 5.34. The van der Waals surface area contributed by atoms with Crippen LogP contribution in [0.15, 0.2) is 60.9 Å². The van der Waals surface area contributed by atoms with E-state index in [0.717, 1.165) is 19.5 Å². The van der Waals surface area contributed by atoms with Crippen molar-refractivity contribution in [2.75, 3.05) is 6.54 Å². The van der Waals surface area contributed by atoms with Crippen molar-refractivity contribution in [1.29, 1.82) is 0 Å². The van der Waals surface area contributed by atoms with Gasteiger partial charge in [-0.15, -0.1) is 0 Å². The molecule has 0 saturated heterocycles. The number of benzene rings is 2. The summed E-state index contributed by atoms with van der Waals surface area (Å²) in [5, 5.41) is 10.5. The van der Waals surface area contributed by atoms with Gasteiger partial charge in [-0.25, -0.2) is 0 Å². The van der Waals surface area contributed by atoms with Crippen molar-refractivity contribution in [2.24, 2.45) is 0 Å². The molecule has 1 aromatic heterocycles. The number of hydrogen-bond donors (Lipinski definition) is 1. The molecular weight excluding hydrogens is 258 g/mol. The molecule has 3 rings (SSSR count). The third-order valence-electron chi connectivity index (χ3n) is 3.75. The van der Waals surface area contributed by atoms with Crippen LogP contribution in [0, 0.1) is 0 Å². The normalized spacial score (nSPS) is 12.6. The summed E-state index contributed by atoms with van der Waals surface area (Å²) in [5.74, 6) is 0. The zero-order chi connectivity index (χ0) is 14.5. The van der Waals surface area contributed by atoms with E-state index in [1.54, 1.807) is 0 Å². The Morgan fingerprint density at radius 2 is 1.95 bits per heavy atom. The van der Waals surface area contributed by atoms with Crippen LogP contribution in [-0.4, -0.2) is 16.3 Å². The predicted octanol–water partition coefficient (Wildman–Crippen LogP) is 3.78. The van der Waals surface area contributed by atoms with Crippen molar-refractivity contribution < 1.29 is 0 Å². The van der Waals surface area contributed by atoms with E-state index in [1.165, 1.54) is 16.3 Å². The first-order chi connectivity index (χ1) is 10.4. The molecule has 1 atom stereocenters. The van der Waals surface area contributed by atoms with Gasteiger partial charge in [0.1, 0.15) is 0 Å². The average Bonchev–Trinajstić information content (AvgIpc) is 3.04. The van der Waals surface area contributed by atoms with Gasteiger partial charge in [0.25, 0.3) is 0 Å². The third-order valence-corrected chi connectivity index (χ3v) is 3.75. The molecule has 0 aliphatic rings. The molecule has 21 heavy (non-hydrogen) atoms. The lowest BCUT2D eigenvalue weighted by Gasteiger charge is -2.19. The average molecular weight is 279 g/mol. The minimum absolute atomic E-state index is 0.287. The van der Waals surface area contributed by atoms with Crippen molar-refractivity contribution in [3.05, 3.63) is 66.5 Å². The highest BCUT2D eigenvalue weighted by Gasteiger charge is 2.12. The molecule has 1 heterocycles. The molecule has 1 unspecified atom stereocenters. The number of aromatic nitrogens is 2. The van der Waals surface area contributed by atoms with E-state index in [9.17, 15) is 0 Å². The predicted molar refractivity (Wildman–Crippen MR) is 87.2 cm³/mol. The Morgan fingerprint density at radius 3 is 2.71 bits per heavy atom. The van der Waals surface area contributed by atoms with Crippen LogP contribution in [0.3, 0.4) is 0 Å². The maximum absolute atomic E-state index is 4.33. The van der Waals surface area contributed by atoms with E-state index in [-0.39, 0.29) is 6.04 Å². The summed E-state index contributed by atoms with van der Waals surface area (Å²) < 4.78 is 1.99. The van der Waals surface area contributed by atoms with Crippen LogP contribution in [0.5, 0.6) is 0 Å². The summed E-state index contributed by atoms with van der Waals surface area (Å²) in [6.45, 7) is 4.06. The van der Waals surface area contributed by atoms with Gasteiger partial charge in [-0.1, -0.05) is 43.3 Å². The molecule has 0 bridgehead atoms. The third kappa shape index (κ3) is 3.31. The summed E-state index contributed by atoms with van der Waals surface area (Å²) in [4.78, 5) is 0. The Balaban J connectivity index is 1.89. The quantitative estimate of drug-likeness (QED) is 0.744. The van der Waals surface area contributed by atoms with Crippen LogP contribution in [-0.2, 0) is 6.54 Å². The van der Waals surface area contributed by atoms with Crippen molar-refractivity contribution in [2.45, 2.75) is 25.9 Å². The van der Waals surface area contributed by atoms with E-state index < -0.39 is 0 Å². The molecule has 3 aromatic rings. The lowest BCUT2D eigenvalue weighted by molar-refractivity contribution is 0.439. The van der Waals surface area contributed by atoms with Crippen molar-refractivity contribution in [1.82, 2.24) is 15.1 Å². The molecule has 0 aliphatic heterocycles. The van der Waals surface area contributed by atoms with Gasteiger partial charge in [-0.3, -0.25) is 4.68 Å². The fraction of sp³-hybridized carbons (Fsp3) is 0.278. The molecule has 0 aliphatic carbocycles. The van der Waals surface area contributed by atoms with E-state index in [1.807, 2.05) is 23.1 Å². The SMILES string of the molecule is CCCNC(Cn1cccn1)c1ccc2ccccc2c1. The fourth-order valence-electron chi connectivity index (χ4n) is 2.63. The first-order valence-corrected chi connectivity index (χ1v) is 7.56. The van der Waals surface area contributed by atoms with Gasteiger partial charge in [-0.05, 0) is 41.4 Å². The zero-order valence-corrected chi connectivity index (χ0v) is 12.4. The van der Waals surface area contributed by atoms with E-state index in [4.69, 9.17) is 0 Å². The molecule has 108 valence electrons. The standard InChI is InChI=1S/C18H21N3/c1-2-10-19-18(14-21-12-5-11-20-21)17-9-8-15-6-3-4-7-16(15)13-17/h3-9,11-13,18-19H,2,10,14H2,1H3. The second-order valence-corrected chi connectivity index (χ2v) is 5.34. The van der Waals surface area contributed by atoms with E-state index >= 15 is 0 Å². The van der Waals surface area contributed by atoms with Crippen LogP contribution in [0.1, 0.15) is 24.9 Å². The summed E-state index contributed by atoms with van der Waals surface area (Å²) in [6.07, 6.45) is 4.97. The Morgan fingerprint density at radius 1 is 1.10 bits per heavy atom. The van der Waals surface area contributed by atoms with Crippen LogP contribution < -0.4 is 5.32 Å². The molecule has 0 spiro atoms. The van der Waals surface area contributed by atoms with Gasteiger partial charge in [0, 0.05) is 12.4 Å². The maximum atomic E-state index is 4.33. The highest BCUT2D eigenvalue weighted by Crippen LogP contribution is 2.21. The molecule has 0 fully saturated rings. The summed E-state index contributed by atoms with van der Waals surface area (Å²) in [7, 11) is 0. The van der Waals surface area contributed by atoms with Gasteiger partial charge >= 0.3 is 0 Å². The number of hydrogen-bond acceptors (Lipinski definition) is 2. The maximum Gasteiger partial charge on any atom is 0.0604 e. The van der Waals surface area contributed by atoms with Crippen LogP contribution in [0.2, 0.25) is 0 Å². The molecule has 3 nitrogen and oxygen atoms in total. The highest BCUT2D eigenvalue weighted by atomic mass is 15.3. The summed E-state index contributed by atoms with van der Waals surface area (Å²) in [5.41, 5.74) is 1.32. The number of fused-ring (bicyclic) bond motifs is 1. The lowest BCUT2D eigenvalue weighted by Crippen LogP contribution is -2.26. The smallest absolute Gasteiger partial charge is 0.0604 e.